The zero-order valence-electron chi connectivity index (χ0n) is 12.0. The van der Waals surface area contributed by atoms with Crippen LogP contribution in [0.1, 0.15) is 32.3 Å². The second-order valence-corrected chi connectivity index (χ2v) is 4.63. The van der Waals surface area contributed by atoms with Crippen LogP contribution in [-0.2, 0) is 6.54 Å². The van der Waals surface area contributed by atoms with Gasteiger partial charge in [-0.1, -0.05) is 19.9 Å². The van der Waals surface area contributed by atoms with Crippen molar-refractivity contribution in [1.82, 2.24) is 4.90 Å². The highest BCUT2D eigenvalue weighted by molar-refractivity contribution is 5.62. The van der Waals surface area contributed by atoms with Gasteiger partial charge in [0.1, 0.15) is 5.69 Å². The molecule has 0 fully saturated rings. The van der Waals surface area contributed by atoms with Crippen molar-refractivity contribution in [2.45, 2.75) is 33.2 Å². The summed E-state index contributed by atoms with van der Waals surface area (Å²) in [6, 6.07) is 5.30. The molecule has 0 amide bonds. The Bertz CT molecular complexity index is 415. The largest absolute Gasteiger partial charge is 0.383 e. The molecule has 0 bridgehead atoms. The van der Waals surface area contributed by atoms with Gasteiger partial charge < -0.3 is 5.32 Å². The van der Waals surface area contributed by atoms with Crippen LogP contribution in [0.15, 0.2) is 18.2 Å². The molecule has 0 radical (unpaired) electrons. The molecule has 0 atom stereocenters. The fourth-order valence-electron chi connectivity index (χ4n) is 2.20. The summed E-state index contributed by atoms with van der Waals surface area (Å²) >= 11 is 0. The molecule has 0 unspecified atom stereocenters. The van der Waals surface area contributed by atoms with Crippen molar-refractivity contribution in [1.29, 1.82) is 0 Å². The SMILES string of the molecule is CCCN(CCC)Cc1ccc([N+](=O)[O-])c(NC)c1. The molecule has 0 aliphatic heterocycles. The van der Waals surface area contributed by atoms with Gasteiger partial charge in [0.05, 0.1) is 4.92 Å². The Hall–Kier alpha value is -1.62. The van der Waals surface area contributed by atoms with E-state index in [0.717, 1.165) is 38.0 Å². The van der Waals surface area contributed by atoms with E-state index in [0.29, 0.717) is 5.69 Å². The van der Waals surface area contributed by atoms with Crippen LogP contribution in [0.2, 0.25) is 0 Å². The van der Waals surface area contributed by atoms with Crippen LogP contribution >= 0.6 is 0 Å². The lowest BCUT2D eigenvalue weighted by molar-refractivity contribution is -0.384. The van der Waals surface area contributed by atoms with Crippen molar-refractivity contribution in [3.8, 4) is 0 Å². The zero-order chi connectivity index (χ0) is 14.3. The first-order chi connectivity index (χ1) is 9.12. The normalized spacial score (nSPS) is 10.7. The molecule has 0 heterocycles. The lowest BCUT2D eigenvalue weighted by atomic mass is 10.1. The van der Waals surface area contributed by atoms with E-state index < -0.39 is 0 Å². The van der Waals surface area contributed by atoms with Gasteiger partial charge in [0.15, 0.2) is 0 Å². The molecule has 1 aromatic rings. The van der Waals surface area contributed by atoms with Crippen molar-refractivity contribution < 1.29 is 4.92 Å². The summed E-state index contributed by atoms with van der Waals surface area (Å²) in [5, 5.41) is 13.8. The van der Waals surface area contributed by atoms with Gasteiger partial charge in [0, 0.05) is 19.7 Å². The molecule has 19 heavy (non-hydrogen) atoms. The van der Waals surface area contributed by atoms with E-state index in [-0.39, 0.29) is 10.6 Å². The number of nitrogens with zero attached hydrogens (tertiary/aromatic N) is 2. The Balaban J connectivity index is 2.86. The first-order valence-electron chi connectivity index (χ1n) is 6.79. The third-order valence-electron chi connectivity index (χ3n) is 3.01. The monoisotopic (exact) mass is 265 g/mol. The molecule has 0 saturated carbocycles. The van der Waals surface area contributed by atoms with Crippen molar-refractivity contribution in [2.24, 2.45) is 0 Å². The second kappa shape index (κ2) is 7.74. The molecule has 0 aromatic heterocycles. The molecule has 1 N–H and O–H groups in total. The van der Waals surface area contributed by atoms with E-state index in [9.17, 15) is 10.1 Å². The molecule has 0 aliphatic rings. The van der Waals surface area contributed by atoms with E-state index in [4.69, 9.17) is 0 Å². The van der Waals surface area contributed by atoms with Crippen LogP contribution in [0.5, 0.6) is 0 Å². The van der Waals surface area contributed by atoms with Crippen LogP contribution in [0.4, 0.5) is 11.4 Å². The molecule has 0 spiro atoms. The summed E-state index contributed by atoms with van der Waals surface area (Å²) < 4.78 is 0. The highest BCUT2D eigenvalue weighted by Crippen LogP contribution is 2.25. The number of anilines is 1. The number of hydrogen-bond acceptors (Lipinski definition) is 4. The fraction of sp³-hybridized carbons (Fsp3) is 0.571. The number of benzene rings is 1. The van der Waals surface area contributed by atoms with Crippen LogP contribution in [0, 0.1) is 10.1 Å². The highest BCUT2D eigenvalue weighted by Gasteiger charge is 2.13. The summed E-state index contributed by atoms with van der Waals surface area (Å²) in [7, 11) is 1.71. The molecule has 1 rings (SSSR count). The summed E-state index contributed by atoms with van der Waals surface area (Å²) in [6.07, 6.45) is 2.23. The Morgan fingerprint density at radius 3 is 2.37 bits per heavy atom. The number of rotatable bonds is 8. The van der Waals surface area contributed by atoms with Gasteiger partial charge in [-0.05, 0) is 37.6 Å². The molecule has 0 aliphatic carbocycles. The van der Waals surface area contributed by atoms with Crippen LogP contribution in [0.3, 0.4) is 0 Å². The number of hydrogen-bond donors (Lipinski definition) is 1. The van der Waals surface area contributed by atoms with Gasteiger partial charge in [-0.15, -0.1) is 0 Å². The minimum atomic E-state index is -0.356. The quantitative estimate of drug-likeness (QED) is 0.579. The Labute approximate surface area is 114 Å². The van der Waals surface area contributed by atoms with E-state index in [1.807, 2.05) is 12.1 Å². The van der Waals surface area contributed by atoms with Crippen molar-refractivity contribution >= 4 is 11.4 Å². The second-order valence-electron chi connectivity index (χ2n) is 4.63. The molecule has 106 valence electrons. The standard InChI is InChI=1S/C14H23N3O2/c1-4-8-16(9-5-2)11-12-6-7-14(17(18)19)13(10-12)15-3/h6-7,10,15H,4-5,8-9,11H2,1-3H3. The minimum Gasteiger partial charge on any atom is -0.383 e. The topological polar surface area (TPSA) is 58.4 Å². The zero-order valence-corrected chi connectivity index (χ0v) is 12.0. The number of nitro groups is 1. The van der Waals surface area contributed by atoms with Gasteiger partial charge in [0.25, 0.3) is 5.69 Å². The van der Waals surface area contributed by atoms with Gasteiger partial charge in [-0.2, -0.15) is 0 Å². The molecular weight excluding hydrogens is 242 g/mol. The van der Waals surface area contributed by atoms with Crippen molar-refractivity contribution in [3.05, 3.63) is 33.9 Å². The lowest BCUT2D eigenvalue weighted by Crippen LogP contribution is -2.24. The third-order valence-corrected chi connectivity index (χ3v) is 3.01. The summed E-state index contributed by atoms with van der Waals surface area (Å²) in [5.74, 6) is 0. The molecule has 0 saturated heterocycles. The van der Waals surface area contributed by atoms with Crippen LogP contribution in [0.25, 0.3) is 0 Å². The van der Waals surface area contributed by atoms with E-state index in [2.05, 4.69) is 24.1 Å². The maximum Gasteiger partial charge on any atom is 0.292 e. The number of nitro benzene ring substituents is 1. The van der Waals surface area contributed by atoms with Gasteiger partial charge >= 0.3 is 0 Å². The average molecular weight is 265 g/mol. The number of nitrogens with one attached hydrogen (secondary N) is 1. The smallest absolute Gasteiger partial charge is 0.292 e. The van der Waals surface area contributed by atoms with E-state index in [1.54, 1.807) is 13.1 Å². The first-order valence-corrected chi connectivity index (χ1v) is 6.79. The fourth-order valence-corrected chi connectivity index (χ4v) is 2.20. The van der Waals surface area contributed by atoms with Gasteiger partial charge in [0.2, 0.25) is 0 Å². The molecular formula is C14H23N3O2. The van der Waals surface area contributed by atoms with Crippen molar-refractivity contribution in [3.63, 3.8) is 0 Å². The Kier molecular flexibility index (Phi) is 6.29. The molecule has 5 nitrogen and oxygen atoms in total. The summed E-state index contributed by atoms with van der Waals surface area (Å²) in [6.45, 7) is 7.28. The van der Waals surface area contributed by atoms with Crippen LogP contribution in [-0.4, -0.2) is 30.0 Å². The summed E-state index contributed by atoms with van der Waals surface area (Å²) in [5.41, 5.74) is 1.82. The first kappa shape index (κ1) is 15.4. The maximum atomic E-state index is 10.9. The lowest BCUT2D eigenvalue weighted by Gasteiger charge is -2.21. The predicted molar refractivity (Wildman–Crippen MR) is 78.5 cm³/mol. The van der Waals surface area contributed by atoms with E-state index in [1.165, 1.54) is 0 Å². The minimum absolute atomic E-state index is 0.129. The van der Waals surface area contributed by atoms with Gasteiger partial charge in [-0.25, -0.2) is 0 Å². The maximum absolute atomic E-state index is 10.9. The van der Waals surface area contributed by atoms with Gasteiger partial charge in [-0.3, -0.25) is 15.0 Å². The Morgan fingerprint density at radius 1 is 1.26 bits per heavy atom. The third kappa shape index (κ3) is 4.52. The molecule has 1 aromatic carbocycles. The Morgan fingerprint density at radius 2 is 1.89 bits per heavy atom. The predicted octanol–water partition coefficient (Wildman–Crippen LogP) is 3.26. The average Bonchev–Trinajstić information content (AvgIpc) is 2.38. The van der Waals surface area contributed by atoms with Crippen LogP contribution < -0.4 is 5.32 Å². The van der Waals surface area contributed by atoms with Crippen molar-refractivity contribution in [2.75, 3.05) is 25.5 Å². The summed E-state index contributed by atoms with van der Waals surface area (Å²) in [4.78, 5) is 12.9. The molecule has 5 heteroatoms. The van der Waals surface area contributed by atoms with E-state index >= 15 is 0 Å². The highest BCUT2D eigenvalue weighted by atomic mass is 16.6.